The third-order valence-electron chi connectivity index (χ3n) is 10.3. The summed E-state index contributed by atoms with van der Waals surface area (Å²) < 4.78 is 2.74. The van der Waals surface area contributed by atoms with Crippen molar-refractivity contribution in [2.45, 2.75) is 18.8 Å². The Hall–Kier alpha value is -5.96. The van der Waals surface area contributed by atoms with E-state index < -0.39 is 0 Å². The lowest BCUT2D eigenvalue weighted by atomic mass is 9.76. The van der Waals surface area contributed by atoms with E-state index in [1.807, 2.05) is 11.3 Å². The van der Waals surface area contributed by atoms with Crippen LogP contribution in [0.1, 0.15) is 18.9 Å². The molecule has 9 rings (SSSR count). The zero-order chi connectivity index (χ0) is 34.2. The molecular weight excluding hydrogens is 635 g/mol. The molecule has 0 amide bonds. The summed E-state index contributed by atoms with van der Waals surface area (Å²) in [6.45, 7) is 2.38. The minimum atomic E-state index is -0.111. The van der Waals surface area contributed by atoms with Gasteiger partial charge in [-0.1, -0.05) is 159 Å². The van der Waals surface area contributed by atoms with E-state index in [0.717, 1.165) is 17.8 Å². The number of benzene rings is 7. The van der Waals surface area contributed by atoms with Crippen LogP contribution in [0.4, 0.5) is 11.4 Å². The topological polar surface area (TPSA) is 3.24 Å². The molecule has 2 heteroatoms. The normalized spacial score (nSPS) is 15.6. The Morgan fingerprint density at radius 2 is 1.00 bits per heavy atom. The first-order valence-corrected chi connectivity index (χ1v) is 18.5. The first kappa shape index (κ1) is 31.1. The van der Waals surface area contributed by atoms with Gasteiger partial charge in [0, 0.05) is 42.7 Å². The van der Waals surface area contributed by atoms with Crippen LogP contribution in [0.5, 0.6) is 0 Å². The zero-order valence-corrected chi connectivity index (χ0v) is 29.4. The molecule has 1 aromatic heterocycles. The Kier molecular flexibility index (Phi) is 7.95. The molecule has 0 fully saturated rings. The molecule has 1 atom stereocenters. The van der Waals surface area contributed by atoms with Crippen LogP contribution in [0, 0.1) is 0 Å². The Morgan fingerprint density at radius 1 is 0.490 bits per heavy atom. The van der Waals surface area contributed by atoms with Crippen LogP contribution in [-0.4, -0.2) is 0 Å². The van der Waals surface area contributed by atoms with Gasteiger partial charge in [-0.25, -0.2) is 0 Å². The van der Waals surface area contributed by atoms with E-state index in [1.54, 1.807) is 0 Å². The molecule has 0 aliphatic heterocycles. The zero-order valence-electron chi connectivity index (χ0n) is 28.5. The van der Waals surface area contributed by atoms with Crippen molar-refractivity contribution in [3.63, 3.8) is 0 Å². The van der Waals surface area contributed by atoms with Crippen LogP contribution >= 0.6 is 11.3 Å². The SMILES string of the molecule is C[C@@]1(c2cccc3c2sc2ccccc23)C=CC(N(c2ccc(-c3ccccc3)cc2)c2ccc(-c3cccc(-c4ccccc4)c3)cc2)=CC1. The lowest BCUT2D eigenvalue weighted by molar-refractivity contribution is 0.601. The summed E-state index contributed by atoms with van der Waals surface area (Å²) in [6, 6.07) is 63.6. The molecule has 1 heterocycles. The molecule has 0 radical (unpaired) electrons. The monoisotopic (exact) mass is 671 g/mol. The standard InChI is InChI=1S/C49H37NS/c1-49(46-20-11-19-45-44-18-8-9-21-47(44)51-48(45)46)32-30-43(31-33-49)50(41-26-22-37(23-27-41)35-12-4-2-5-13-35)42-28-24-38(25-29-42)40-17-10-16-39(34-40)36-14-6-3-7-15-36/h2-32,34H,33H2,1H3/t49-/m1/s1. The molecule has 7 aromatic carbocycles. The number of fused-ring (bicyclic) bond motifs is 3. The fraction of sp³-hybridized carbons (Fsp3) is 0.0612. The second-order valence-electron chi connectivity index (χ2n) is 13.6. The number of anilines is 2. The highest BCUT2D eigenvalue weighted by molar-refractivity contribution is 7.26. The Bertz CT molecular complexity index is 2540. The largest absolute Gasteiger partial charge is 0.311 e. The molecule has 1 nitrogen and oxygen atoms in total. The van der Waals surface area contributed by atoms with Crippen molar-refractivity contribution in [3.8, 4) is 33.4 Å². The molecule has 0 bridgehead atoms. The third-order valence-corrected chi connectivity index (χ3v) is 11.5. The Labute approximate surface area is 304 Å². The van der Waals surface area contributed by atoms with Crippen molar-refractivity contribution >= 4 is 42.9 Å². The molecule has 0 saturated carbocycles. The molecule has 1 aliphatic rings. The molecule has 0 unspecified atom stereocenters. The molecule has 1 aliphatic carbocycles. The number of hydrogen-bond acceptors (Lipinski definition) is 2. The average Bonchev–Trinajstić information content (AvgIpc) is 3.59. The highest BCUT2D eigenvalue weighted by atomic mass is 32.1. The molecular formula is C49H37NS. The first-order chi connectivity index (χ1) is 25.1. The van der Waals surface area contributed by atoms with Gasteiger partial charge in [-0.05, 0) is 87.8 Å². The quantitative estimate of drug-likeness (QED) is 0.163. The van der Waals surface area contributed by atoms with Crippen LogP contribution in [0.3, 0.4) is 0 Å². The van der Waals surface area contributed by atoms with Crippen molar-refractivity contribution in [2.75, 3.05) is 4.90 Å². The van der Waals surface area contributed by atoms with Crippen LogP contribution in [0.15, 0.2) is 200 Å². The van der Waals surface area contributed by atoms with E-state index in [1.165, 1.54) is 64.8 Å². The van der Waals surface area contributed by atoms with Crippen molar-refractivity contribution < 1.29 is 0 Å². The maximum atomic E-state index is 2.43. The van der Waals surface area contributed by atoms with Crippen molar-refractivity contribution in [1.29, 1.82) is 0 Å². The highest BCUT2D eigenvalue weighted by Gasteiger charge is 2.29. The summed E-state index contributed by atoms with van der Waals surface area (Å²) in [6.07, 6.45) is 8.10. The van der Waals surface area contributed by atoms with Gasteiger partial charge in [-0.15, -0.1) is 11.3 Å². The molecule has 8 aromatic rings. The minimum Gasteiger partial charge on any atom is -0.311 e. The van der Waals surface area contributed by atoms with E-state index in [9.17, 15) is 0 Å². The van der Waals surface area contributed by atoms with E-state index in [2.05, 4.69) is 206 Å². The maximum Gasteiger partial charge on any atom is 0.0461 e. The van der Waals surface area contributed by atoms with Gasteiger partial charge in [-0.3, -0.25) is 0 Å². The number of allylic oxidation sites excluding steroid dienone is 3. The summed E-state index contributed by atoms with van der Waals surface area (Å²) in [4.78, 5) is 2.40. The Balaban J connectivity index is 1.07. The fourth-order valence-corrected chi connectivity index (χ4v) is 8.83. The number of rotatable bonds is 7. The van der Waals surface area contributed by atoms with Gasteiger partial charge < -0.3 is 4.90 Å². The van der Waals surface area contributed by atoms with Gasteiger partial charge in [0.1, 0.15) is 0 Å². The van der Waals surface area contributed by atoms with Gasteiger partial charge in [0.2, 0.25) is 0 Å². The van der Waals surface area contributed by atoms with Gasteiger partial charge >= 0.3 is 0 Å². The number of thiophene rings is 1. The van der Waals surface area contributed by atoms with E-state index in [0.29, 0.717) is 0 Å². The fourth-order valence-electron chi connectivity index (χ4n) is 7.48. The van der Waals surface area contributed by atoms with Gasteiger partial charge in [-0.2, -0.15) is 0 Å². The van der Waals surface area contributed by atoms with Crippen LogP contribution < -0.4 is 4.90 Å². The lowest BCUT2D eigenvalue weighted by Crippen LogP contribution is -2.24. The predicted molar refractivity (Wildman–Crippen MR) is 220 cm³/mol. The van der Waals surface area contributed by atoms with E-state index >= 15 is 0 Å². The molecule has 0 N–H and O–H groups in total. The summed E-state index contributed by atoms with van der Waals surface area (Å²) >= 11 is 1.91. The predicted octanol–water partition coefficient (Wildman–Crippen LogP) is 14.0. The van der Waals surface area contributed by atoms with Crippen molar-refractivity contribution in [3.05, 3.63) is 205 Å². The summed E-state index contributed by atoms with van der Waals surface area (Å²) in [7, 11) is 0. The van der Waals surface area contributed by atoms with Crippen LogP contribution in [0.2, 0.25) is 0 Å². The highest BCUT2D eigenvalue weighted by Crippen LogP contribution is 2.45. The van der Waals surface area contributed by atoms with Gasteiger partial charge in [0.25, 0.3) is 0 Å². The molecule has 0 saturated heterocycles. The first-order valence-electron chi connectivity index (χ1n) is 17.6. The average molecular weight is 672 g/mol. The summed E-state index contributed by atoms with van der Waals surface area (Å²) in [5, 5.41) is 2.70. The van der Waals surface area contributed by atoms with Gasteiger partial charge in [0.05, 0.1) is 0 Å². The lowest BCUT2D eigenvalue weighted by Gasteiger charge is -2.33. The van der Waals surface area contributed by atoms with Crippen LogP contribution in [-0.2, 0) is 5.41 Å². The van der Waals surface area contributed by atoms with Crippen molar-refractivity contribution in [2.24, 2.45) is 0 Å². The molecule has 0 spiro atoms. The van der Waals surface area contributed by atoms with Gasteiger partial charge in [0.15, 0.2) is 0 Å². The molecule has 244 valence electrons. The van der Waals surface area contributed by atoms with E-state index in [4.69, 9.17) is 0 Å². The molecule has 51 heavy (non-hydrogen) atoms. The smallest absolute Gasteiger partial charge is 0.0461 e. The minimum absolute atomic E-state index is 0.111. The Morgan fingerprint density at radius 3 is 1.63 bits per heavy atom. The number of hydrogen-bond donors (Lipinski definition) is 0. The van der Waals surface area contributed by atoms with E-state index in [-0.39, 0.29) is 5.41 Å². The van der Waals surface area contributed by atoms with Crippen molar-refractivity contribution in [1.82, 2.24) is 0 Å². The second kappa shape index (κ2) is 13.1. The third kappa shape index (κ3) is 5.88. The summed E-state index contributed by atoms with van der Waals surface area (Å²) in [5.41, 5.74) is 12.0. The summed E-state index contributed by atoms with van der Waals surface area (Å²) in [5.74, 6) is 0. The number of nitrogens with zero attached hydrogens (tertiary/aromatic N) is 1. The van der Waals surface area contributed by atoms with Crippen LogP contribution in [0.25, 0.3) is 53.6 Å². The maximum absolute atomic E-state index is 2.43. The second-order valence-corrected chi connectivity index (χ2v) is 14.7.